The first kappa shape index (κ1) is 13.8. The summed E-state index contributed by atoms with van der Waals surface area (Å²) in [5.41, 5.74) is 0.702. The van der Waals surface area contributed by atoms with E-state index in [0.717, 1.165) is 0 Å². The van der Waals surface area contributed by atoms with Crippen LogP contribution in [0.5, 0.6) is 0 Å². The Kier molecular flexibility index (Phi) is 3.77. The first-order chi connectivity index (χ1) is 8.92. The molecule has 7 heteroatoms. The minimum absolute atomic E-state index is 0.128. The highest BCUT2D eigenvalue weighted by Gasteiger charge is 2.22. The third-order valence-electron chi connectivity index (χ3n) is 2.69. The van der Waals surface area contributed by atoms with Gasteiger partial charge in [0.15, 0.2) is 5.76 Å². The monoisotopic (exact) mass is 284 g/mol. The molecule has 0 unspecified atom stereocenters. The smallest absolute Gasteiger partial charge is 0.274 e. The Balaban J connectivity index is 2.26. The van der Waals surface area contributed by atoms with Gasteiger partial charge in [0, 0.05) is 12.1 Å². The van der Waals surface area contributed by atoms with Crippen LogP contribution in [-0.4, -0.2) is 19.6 Å². The molecule has 104 valence electrons. The van der Waals surface area contributed by atoms with Crippen molar-refractivity contribution in [2.75, 3.05) is 0 Å². The topological polar surface area (TPSA) is 85.3 Å². The number of nitrogens with zero attached hydrogens (tertiary/aromatic N) is 1. The van der Waals surface area contributed by atoms with Gasteiger partial charge in [-0.25, -0.2) is 13.1 Å². The SMILES string of the molecule is CC[C@@H](C)NS(=O)(=O)c1ccc(-c2cc(C)no2)o1. The van der Waals surface area contributed by atoms with E-state index in [1.165, 1.54) is 6.07 Å². The molecule has 1 N–H and O–H groups in total. The van der Waals surface area contributed by atoms with E-state index in [2.05, 4.69) is 9.88 Å². The number of aromatic nitrogens is 1. The van der Waals surface area contributed by atoms with Crippen molar-refractivity contribution in [3.63, 3.8) is 0 Å². The molecule has 0 aromatic carbocycles. The lowest BCUT2D eigenvalue weighted by Crippen LogP contribution is -2.31. The van der Waals surface area contributed by atoms with Gasteiger partial charge in [0.25, 0.3) is 10.0 Å². The molecule has 2 aromatic heterocycles. The molecule has 0 bridgehead atoms. The number of hydrogen-bond acceptors (Lipinski definition) is 5. The third-order valence-corrected chi connectivity index (χ3v) is 4.15. The van der Waals surface area contributed by atoms with Crippen LogP contribution in [0.4, 0.5) is 0 Å². The van der Waals surface area contributed by atoms with E-state index >= 15 is 0 Å². The molecule has 2 aromatic rings. The Morgan fingerprint density at radius 2 is 2.11 bits per heavy atom. The average molecular weight is 284 g/mol. The lowest BCUT2D eigenvalue weighted by atomic mass is 10.3. The Morgan fingerprint density at radius 1 is 1.37 bits per heavy atom. The fourth-order valence-electron chi connectivity index (χ4n) is 1.48. The van der Waals surface area contributed by atoms with Crippen molar-refractivity contribution in [2.45, 2.75) is 38.3 Å². The summed E-state index contributed by atoms with van der Waals surface area (Å²) in [5.74, 6) is 0.743. The summed E-state index contributed by atoms with van der Waals surface area (Å²) < 4.78 is 36.9. The van der Waals surface area contributed by atoms with Crippen LogP contribution in [0.2, 0.25) is 0 Å². The van der Waals surface area contributed by atoms with Crippen LogP contribution in [-0.2, 0) is 10.0 Å². The van der Waals surface area contributed by atoms with Gasteiger partial charge in [0.05, 0.1) is 5.69 Å². The van der Waals surface area contributed by atoms with Gasteiger partial charge in [0.2, 0.25) is 10.9 Å². The zero-order valence-corrected chi connectivity index (χ0v) is 11.8. The molecule has 0 aliphatic heterocycles. The number of nitrogens with one attached hydrogen (secondary N) is 1. The van der Waals surface area contributed by atoms with Gasteiger partial charge in [-0.1, -0.05) is 12.1 Å². The molecule has 0 fully saturated rings. The van der Waals surface area contributed by atoms with Gasteiger partial charge in [-0.2, -0.15) is 0 Å². The maximum Gasteiger partial charge on any atom is 0.274 e. The molecule has 0 aliphatic rings. The molecular weight excluding hydrogens is 268 g/mol. The van der Waals surface area contributed by atoms with Crippen LogP contribution in [0.25, 0.3) is 11.5 Å². The largest absolute Gasteiger partial charge is 0.440 e. The van der Waals surface area contributed by atoms with Crippen LogP contribution in [0.15, 0.2) is 32.2 Å². The lowest BCUT2D eigenvalue weighted by Gasteiger charge is -2.09. The third kappa shape index (κ3) is 3.05. The minimum Gasteiger partial charge on any atom is -0.440 e. The van der Waals surface area contributed by atoms with Gasteiger partial charge in [0.1, 0.15) is 0 Å². The second-order valence-electron chi connectivity index (χ2n) is 4.38. The maximum atomic E-state index is 12.0. The van der Waals surface area contributed by atoms with Crippen molar-refractivity contribution >= 4 is 10.0 Å². The average Bonchev–Trinajstić information content (AvgIpc) is 2.96. The predicted octanol–water partition coefficient (Wildman–Crippen LogP) is 2.32. The molecule has 0 spiro atoms. The van der Waals surface area contributed by atoms with Crippen LogP contribution in [0, 0.1) is 6.92 Å². The first-order valence-electron chi connectivity index (χ1n) is 5.98. The fourth-order valence-corrected chi connectivity index (χ4v) is 2.74. The Hall–Kier alpha value is -1.60. The maximum absolute atomic E-state index is 12.0. The molecular formula is C12H16N2O4S. The molecule has 0 amide bonds. The van der Waals surface area contributed by atoms with E-state index in [1.807, 2.05) is 6.92 Å². The highest BCUT2D eigenvalue weighted by molar-refractivity contribution is 7.89. The summed E-state index contributed by atoms with van der Waals surface area (Å²) in [6.45, 7) is 5.47. The molecule has 0 aliphatic carbocycles. The Morgan fingerprint density at radius 3 is 2.68 bits per heavy atom. The lowest BCUT2D eigenvalue weighted by molar-refractivity contribution is 0.396. The van der Waals surface area contributed by atoms with Gasteiger partial charge < -0.3 is 8.94 Å². The van der Waals surface area contributed by atoms with Crippen molar-refractivity contribution in [3.8, 4) is 11.5 Å². The number of rotatable bonds is 5. The summed E-state index contributed by atoms with van der Waals surface area (Å²) in [6, 6.07) is 4.48. The Labute approximate surface area is 111 Å². The van der Waals surface area contributed by atoms with Crippen molar-refractivity contribution in [1.82, 2.24) is 9.88 Å². The van der Waals surface area contributed by atoms with E-state index in [9.17, 15) is 8.42 Å². The van der Waals surface area contributed by atoms with E-state index in [1.54, 1.807) is 26.0 Å². The van der Waals surface area contributed by atoms with Crippen LogP contribution in [0.1, 0.15) is 26.0 Å². The second-order valence-corrected chi connectivity index (χ2v) is 6.03. The quantitative estimate of drug-likeness (QED) is 0.910. The number of aryl methyl sites for hydroxylation is 1. The zero-order valence-electron chi connectivity index (χ0n) is 11.0. The molecule has 19 heavy (non-hydrogen) atoms. The molecule has 1 atom stereocenters. The fraction of sp³-hybridized carbons (Fsp3) is 0.417. The normalized spacial score (nSPS) is 13.6. The van der Waals surface area contributed by atoms with Gasteiger partial charge >= 0.3 is 0 Å². The summed E-state index contributed by atoms with van der Waals surface area (Å²) in [4.78, 5) is 0. The zero-order chi connectivity index (χ0) is 14.0. The molecule has 0 saturated carbocycles. The van der Waals surface area contributed by atoms with Crippen molar-refractivity contribution in [2.24, 2.45) is 0 Å². The van der Waals surface area contributed by atoms with Crippen molar-refractivity contribution in [3.05, 3.63) is 23.9 Å². The molecule has 0 saturated heterocycles. The van der Waals surface area contributed by atoms with Crippen LogP contribution >= 0.6 is 0 Å². The second kappa shape index (κ2) is 5.18. The highest BCUT2D eigenvalue weighted by atomic mass is 32.2. The van der Waals surface area contributed by atoms with E-state index in [0.29, 0.717) is 23.6 Å². The van der Waals surface area contributed by atoms with Crippen LogP contribution < -0.4 is 4.72 Å². The van der Waals surface area contributed by atoms with Crippen LogP contribution in [0.3, 0.4) is 0 Å². The predicted molar refractivity (Wildman–Crippen MR) is 69.0 cm³/mol. The summed E-state index contributed by atoms with van der Waals surface area (Å²) >= 11 is 0. The highest BCUT2D eigenvalue weighted by Crippen LogP contribution is 2.25. The summed E-state index contributed by atoms with van der Waals surface area (Å²) in [6.07, 6.45) is 0.702. The van der Waals surface area contributed by atoms with Crippen molar-refractivity contribution < 1.29 is 17.4 Å². The minimum atomic E-state index is -3.63. The van der Waals surface area contributed by atoms with E-state index < -0.39 is 10.0 Å². The van der Waals surface area contributed by atoms with E-state index in [-0.39, 0.29) is 11.1 Å². The summed E-state index contributed by atoms with van der Waals surface area (Å²) in [7, 11) is -3.63. The number of furan rings is 1. The number of sulfonamides is 1. The molecule has 6 nitrogen and oxygen atoms in total. The summed E-state index contributed by atoms with van der Waals surface area (Å²) in [5, 5.41) is 3.60. The van der Waals surface area contributed by atoms with Crippen molar-refractivity contribution in [1.29, 1.82) is 0 Å². The van der Waals surface area contributed by atoms with Gasteiger partial charge in [-0.05, 0) is 32.4 Å². The molecule has 2 rings (SSSR count). The Bertz CT molecular complexity index is 657. The first-order valence-corrected chi connectivity index (χ1v) is 7.46. The standard InChI is InChI=1S/C12H16N2O4S/c1-4-8(2)14-19(15,16)12-6-5-10(17-12)11-7-9(3)13-18-11/h5-8,14H,4H2,1-3H3/t8-/m1/s1. The molecule has 0 radical (unpaired) electrons. The van der Waals surface area contributed by atoms with Gasteiger partial charge in [-0.15, -0.1) is 0 Å². The number of hydrogen-bond donors (Lipinski definition) is 1. The van der Waals surface area contributed by atoms with Gasteiger partial charge in [-0.3, -0.25) is 0 Å². The van der Waals surface area contributed by atoms with E-state index in [4.69, 9.17) is 8.94 Å². The molecule has 2 heterocycles.